The number of ether oxygens (including phenoxy) is 1. The van der Waals surface area contributed by atoms with Gasteiger partial charge < -0.3 is 25.7 Å². The number of carbonyl (C=O) groups is 3. The molecule has 3 heterocycles. The first-order chi connectivity index (χ1) is 16.0. The minimum atomic E-state index is -0.795. The Labute approximate surface area is 199 Å². The molecule has 1 aliphatic heterocycles. The van der Waals surface area contributed by atoms with Crippen LogP contribution < -0.4 is 20.7 Å². The molecule has 0 saturated carbocycles. The van der Waals surface area contributed by atoms with Gasteiger partial charge in [-0.2, -0.15) is 5.26 Å². The average molecular weight is 471 g/mol. The SMILES string of the molecule is CC(C)(C)C.COc1nccc2[nH]c(C(=O)NCC(=O)N[C@H](C#N)C[C@@H]3CCCNC3=O)cc12. The standard InChI is InChI=1S/C19H22N6O4.C5H12/c1-29-19-13-8-15(25-14(13)4-6-22-19)18(28)23-10-16(26)24-12(9-20)7-11-3-2-5-21-17(11)27;1-5(2,3)4/h4,6,8,11-12,25H,2-3,5,7,10H2,1H3,(H,21,27)(H,23,28)(H,24,26);1-4H3/t11-,12-;/m0./s1. The molecule has 3 rings (SSSR count). The molecule has 1 fully saturated rings. The third-order valence-electron chi connectivity index (χ3n) is 4.77. The number of rotatable bonds is 7. The lowest BCUT2D eigenvalue weighted by Crippen LogP contribution is -2.44. The maximum atomic E-state index is 12.3. The maximum absolute atomic E-state index is 12.3. The summed E-state index contributed by atoms with van der Waals surface area (Å²) in [4.78, 5) is 43.3. The Bertz CT molecular complexity index is 1040. The maximum Gasteiger partial charge on any atom is 0.268 e. The molecule has 10 heteroatoms. The van der Waals surface area contributed by atoms with Gasteiger partial charge in [-0.1, -0.05) is 27.7 Å². The molecule has 0 radical (unpaired) electrons. The van der Waals surface area contributed by atoms with Crippen molar-refractivity contribution >= 4 is 28.6 Å². The van der Waals surface area contributed by atoms with E-state index in [1.165, 1.54) is 7.11 Å². The van der Waals surface area contributed by atoms with Crippen molar-refractivity contribution in [3.05, 3.63) is 24.0 Å². The first kappa shape index (κ1) is 26.6. The third kappa shape index (κ3) is 8.39. The number of piperidine rings is 1. The molecular weight excluding hydrogens is 436 g/mol. The number of H-pyrrole nitrogens is 1. The van der Waals surface area contributed by atoms with E-state index >= 15 is 0 Å². The van der Waals surface area contributed by atoms with Crippen LogP contribution in [0, 0.1) is 22.7 Å². The molecule has 1 saturated heterocycles. The summed E-state index contributed by atoms with van der Waals surface area (Å²) in [6.07, 6.45) is 3.34. The predicted octanol–water partition coefficient (Wildman–Crippen LogP) is 2.28. The van der Waals surface area contributed by atoms with Crippen LogP contribution in [0.25, 0.3) is 10.9 Å². The summed E-state index contributed by atoms with van der Waals surface area (Å²) in [5, 5.41) is 17.7. The van der Waals surface area contributed by atoms with Crippen molar-refractivity contribution in [3.63, 3.8) is 0 Å². The van der Waals surface area contributed by atoms with E-state index in [4.69, 9.17) is 4.74 Å². The number of aromatic amines is 1. The van der Waals surface area contributed by atoms with Crippen molar-refractivity contribution in [2.24, 2.45) is 11.3 Å². The topological polar surface area (TPSA) is 149 Å². The summed E-state index contributed by atoms with van der Waals surface area (Å²) in [5.41, 5.74) is 1.44. The van der Waals surface area contributed by atoms with Crippen LogP contribution in [0.1, 0.15) is 57.4 Å². The highest BCUT2D eigenvalue weighted by Gasteiger charge is 2.26. The molecular formula is C24H34N6O4. The number of amides is 3. The second-order valence-electron chi connectivity index (χ2n) is 9.76. The molecule has 3 amide bonds. The highest BCUT2D eigenvalue weighted by molar-refractivity contribution is 6.00. The van der Waals surface area contributed by atoms with E-state index in [2.05, 4.69) is 53.6 Å². The number of hydrogen-bond acceptors (Lipinski definition) is 6. The molecule has 0 spiro atoms. The van der Waals surface area contributed by atoms with Gasteiger partial charge in [0.1, 0.15) is 11.7 Å². The average Bonchev–Trinajstić information content (AvgIpc) is 3.22. The van der Waals surface area contributed by atoms with E-state index < -0.39 is 17.9 Å². The molecule has 10 nitrogen and oxygen atoms in total. The van der Waals surface area contributed by atoms with E-state index in [1.54, 1.807) is 18.3 Å². The van der Waals surface area contributed by atoms with Crippen molar-refractivity contribution < 1.29 is 19.1 Å². The van der Waals surface area contributed by atoms with E-state index in [1.807, 2.05) is 6.07 Å². The number of carbonyl (C=O) groups excluding carboxylic acids is 3. The molecule has 0 aliphatic carbocycles. The van der Waals surface area contributed by atoms with Crippen molar-refractivity contribution in [3.8, 4) is 11.9 Å². The minimum absolute atomic E-state index is 0.0946. The fraction of sp³-hybridized carbons (Fsp3) is 0.542. The normalized spacial score (nSPS) is 16.4. The fourth-order valence-electron chi connectivity index (χ4n) is 3.30. The van der Waals surface area contributed by atoms with Gasteiger partial charge in [-0.05, 0) is 36.8 Å². The van der Waals surface area contributed by atoms with Gasteiger partial charge in [-0.25, -0.2) is 4.98 Å². The monoisotopic (exact) mass is 470 g/mol. The van der Waals surface area contributed by atoms with Gasteiger partial charge in [-0.15, -0.1) is 0 Å². The number of aromatic nitrogens is 2. The summed E-state index contributed by atoms with van der Waals surface area (Å²) >= 11 is 0. The van der Waals surface area contributed by atoms with Crippen molar-refractivity contribution in [2.45, 2.75) is 53.0 Å². The largest absolute Gasteiger partial charge is 0.481 e. The Balaban J connectivity index is 0.000000739. The van der Waals surface area contributed by atoms with Crippen LogP contribution in [0.15, 0.2) is 18.3 Å². The highest BCUT2D eigenvalue weighted by Crippen LogP contribution is 2.23. The van der Waals surface area contributed by atoms with Crippen LogP contribution in [0.2, 0.25) is 0 Å². The second-order valence-corrected chi connectivity index (χ2v) is 9.76. The number of nitrogens with one attached hydrogen (secondary N) is 4. The Morgan fingerprint density at radius 1 is 1.35 bits per heavy atom. The quantitative estimate of drug-likeness (QED) is 0.488. The fourth-order valence-corrected chi connectivity index (χ4v) is 3.30. The second kappa shape index (κ2) is 12.0. The smallest absolute Gasteiger partial charge is 0.268 e. The number of fused-ring (bicyclic) bond motifs is 1. The van der Waals surface area contributed by atoms with Crippen LogP contribution in [0.3, 0.4) is 0 Å². The van der Waals surface area contributed by atoms with Gasteiger partial charge in [0.15, 0.2) is 0 Å². The van der Waals surface area contributed by atoms with Gasteiger partial charge in [0, 0.05) is 18.7 Å². The van der Waals surface area contributed by atoms with Crippen LogP contribution in [-0.2, 0) is 9.59 Å². The van der Waals surface area contributed by atoms with E-state index in [0.717, 1.165) is 6.42 Å². The Morgan fingerprint density at radius 3 is 2.68 bits per heavy atom. The first-order valence-corrected chi connectivity index (χ1v) is 11.3. The summed E-state index contributed by atoms with van der Waals surface area (Å²) in [6, 6.07) is 4.50. The number of hydrogen-bond donors (Lipinski definition) is 4. The molecule has 4 N–H and O–H groups in total. The molecule has 2 atom stereocenters. The van der Waals surface area contributed by atoms with Gasteiger partial charge in [0.05, 0.1) is 30.6 Å². The highest BCUT2D eigenvalue weighted by atomic mass is 16.5. The molecule has 34 heavy (non-hydrogen) atoms. The number of nitrogens with zero attached hydrogens (tertiary/aromatic N) is 2. The van der Waals surface area contributed by atoms with Gasteiger partial charge in [-0.3, -0.25) is 14.4 Å². The van der Waals surface area contributed by atoms with Crippen LogP contribution in [0.5, 0.6) is 5.88 Å². The molecule has 1 aliphatic rings. The molecule has 2 aromatic rings. The van der Waals surface area contributed by atoms with Crippen molar-refractivity contribution in [2.75, 3.05) is 20.2 Å². The molecule has 0 unspecified atom stereocenters. The van der Waals surface area contributed by atoms with Crippen molar-refractivity contribution in [1.82, 2.24) is 25.9 Å². The Morgan fingerprint density at radius 2 is 2.06 bits per heavy atom. The summed E-state index contributed by atoms with van der Waals surface area (Å²) < 4.78 is 5.16. The lowest BCUT2D eigenvalue weighted by molar-refractivity contribution is -0.127. The number of methoxy groups -OCH3 is 1. The minimum Gasteiger partial charge on any atom is -0.481 e. The zero-order valence-corrected chi connectivity index (χ0v) is 20.4. The van der Waals surface area contributed by atoms with E-state index in [-0.39, 0.29) is 30.5 Å². The number of pyridine rings is 1. The van der Waals surface area contributed by atoms with Gasteiger partial charge in [0.25, 0.3) is 5.91 Å². The molecule has 184 valence electrons. The summed E-state index contributed by atoms with van der Waals surface area (Å²) in [7, 11) is 1.49. The van der Waals surface area contributed by atoms with Crippen molar-refractivity contribution in [1.29, 1.82) is 5.26 Å². The predicted molar refractivity (Wildman–Crippen MR) is 128 cm³/mol. The van der Waals surface area contributed by atoms with Crippen LogP contribution >= 0.6 is 0 Å². The van der Waals surface area contributed by atoms with Crippen LogP contribution in [0.4, 0.5) is 0 Å². The van der Waals surface area contributed by atoms with E-state index in [9.17, 15) is 19.6 Å². The van der Waals surface area contributed by atoms with Crippen LogP contribution in [-0.4, -0.2) is 53.9 Å². The first-order valence-electron chi connectivity index (χ1n) is 11.3. The van der Waals surface area contributed by atoms with E-state index in [0.29, 0.717) is 35.2 Å². The molecule has 0 bridgehead atoms. The summed E-state index contributed by atoms with van der Waals surface area (Å²) in [6.45, 7) is 9.10. The zero-order valence-electron chi connectivity index (χ0n) is 20.4. The molecule has 0 aromatic carbocycles. The third-order valence-corrected chi connectivity index (χ3v) is 4.77. The Kier molecular flexibility index (Phi) is 9.42. The lowest BCUT2D eigenvalue weighted by atomic mass is 9.92. The summed E-state index contributed by atoms with van der Waals surface area (Å²) in [5.74, 6) is -0.977. The van der Waals surface area contributed by atoms with Gasteiger partial charge >= 0.3 is 0 Å². The Hall–Kier alpha value is -3.61. The molecule has 2 aromatic heterocycles. The zero-order chi connectivity index (χ0) is 25.3. The van der Waals surface area contributed by atoms with Gasteiger partial charge in [0.2, 0.25) is 17.7 Å². The number of nitriles is 1. The lowest BCUT2D eigenvalue weighted by Gasteiger charge is -2.23.